The van der Waals surface area contributed by atoms with E-state index in [1.54, 1.807) is 0 Å². The van der Waals surface area contributed by atoms with E-state index in [9.17, 15) is 4.79 Å². The minimum atomic E-state index is -0.854. The van der Waals surface area contributed by atoms with Crippen LogP contribution in [0.4, 0.5) is 4.79 Å². The summed E-state index contributed by atoms with van der Waals surface area (Å²) >= 11 is 0. The second-order valence-electron chi connectivity index (χ2n) is 4.25. The van der Waals surface area contributed by atoms with Crippen molar-refractivity contribution in [3.8, 4) is 0 Å². The maximum Gasteiger partial charge on any atom is 0.404 e. The molecule has 82 valence electrons. The molecule has 4 nitrogen and oxygen atoms in total. The number of amides is 1. The van der Waals surface area contributed by atoms with E-state index in [1.165, 1.54) is 0 Å². The van der Waals surface area contributed by atoms with Gasteiger partial charge < -0.3 is 15.6 Å². The Bertz CT molecular complexity index is 206. The first kappa shape index (κ1) is 13.0. The van der Waals surface area contributed by atoms with Crippen molar-refractivity contribution < 1.29 is 14.6 Å². The molecule has 0 rings (SSSR count). The summed E-state index contributed by atoms with van der Waals surface area (Å²) in [6.07, 6.45) is 2.97. The molecule has 0 fully saturated rings. The third-order valence-corrected chi connectivity index (χ3v) is 1.50. The molecule has 0 aromatic heterocycles. The van der Waals surface area contributed by atoms with E-state index < -0.39 is 12.2 Å². The second-order valence-corrected chi connectivity index (χ2v) is 4.25. The van der Waals surface area contributed by atoms with E-state index in [1.807, 2.05) is 12.2 Å². The lowest BCUT2D eigenvalue weighted by molar-refractivity contribution is 0.0653. The van der Waals surface area contributed by atoms with Gasteiger partial charge in [-0.3, -0.25) is 0 Å². The molecule has 0 unspecified atom stereocenters. The van der Waals surface area contributed by atoms with Crippen molar-refractivity contribution >= 4 is 6.09 Å². The van der Waals surface area contributed by atoms with Gasteiger partial charge >= 0.3 is 6.09 Å². The number of rotatable bonds is 4. The zero-order valence-electron chi connectivity index (χ0n) is 8.99. The molecule has 4 heteroatoms. The summed E-state index contributed by atoms with van der Waals surface area (Å²) in [6.45, 7) is 5.97. The molecule has 0 aromatic rings. The Morgan fingerprint density at radius 2 is 2.14 bits per heavy atom. The zero-order chi connectivity index (χ0) is 11.2. The van der Waals surface area contributed by atoms with Gasteiger partial charge in [0.2, 0.25) is 0 Å². The number of aliphatic hydroxyl groups excluding tert-OH is 1. The monoisotopic (exact) mass is 201 g/mol. The number of aliphatic hydroxyl groups is 1. The van der Waals surface area contributed by atoms with Crippen LogP contribution >= 0.6 is 0 Å². The SMILES string of the molecule is CC(C)(C)C=CC[C@H](CO)OC(N)=O. The van der Waals surface area contributed by atoms with E-state index in [4.69, 9.17) is 10.8 Å². The Hall–Kier alpha value is -1.03. The number of ether oxygens (including phenoxy) is 1. The highest BCUT2D eigenvalue weighted by molar-refractivity contribution is 5.64. The van der Waals surface area contributed by atoms with Crippen LogP contribution in [0.3, 0.4) is 0 Å². The van der Waals surface area contributed by atoms with Crippen LogP contribution in [0.2, 0.25) is 0 Å². The minimum absolute atomic E-state index is 0.0900. The maximum atomic E-state index is 10.4. The summed E-state index contributed by atoms with van der Waals surface area (Å²) < 4.78 is 4.65. The third-order valence-electron chi connectivity index (χ3n) is 1.50. The summed E-state index contributed by atoms with van der Waals surface area (Å²) in [6, 6.07) is 0. The molecular weight excluding hydrogens is 182 g/mol. The van der Waals surface area contributed by atoms with Gasteiger partial charge in [0.25, 0.3) is 0 Å². The first-order valence-electron chi connectivity index (χ1n) is 4.60. The fourth-order valence-electron chi connectivity index (χ4n) is 0.898. The van der Waals surface area contributed by atoms with Crippen LogP contribution in [0.5, 0.6) is 0 Å². The number of nitrogens with two attached hydrogens (primary N) is 1. The van der Waals surface area contributed by atoms with E-state index in [2.05, 4.69) is 25.5 Å². The van der Waals surface area contributed by atoms with Gasteiger partial charge in [0, 0.05) is 6.42 Å². The van der Waals surface area contributed by atoms with Gasteiger partial charge in [-0.2, -0.15) is 0 Å². The number of carbonyl (C=O) groups is 1. The number of carbonyl (C=O) groups excluding carboxylic acids is 1. The molecule has 0 aromatic carbocycles. The Balaban J connectivity index is 3.95. The Morgan fingerprint density at radius 1 is 1.57 bits per heavy atom. The molecule has 0 heterocycles. The molecule has 0 spiro atoms. The van der Waals surface area contributed by atoms with Gasteiger partial charge in [-0.15, -0.1) is 0 Å². The predicted molar refractivity (Wildman–Crippen MR) is 54.8 cm³/mol. The lowest BCUT2D eigenvalue weighted by atomic mass is 9.96. The highest BCUT2D eigenvalue weighted by Crippen LogP contribution is 2.15. The van der Waals surface area contributed by atoms with Crippen molar-refractivity contribution in [3.05, 3.63) is 12.2 Å². The van der Waals surface area contributed by atoms with Crippen LogP contribution in [0, 0.1) is 5.41 Å². The van der Waals surface area contributed by atoms with Crippen LogP contribution in [-0.2, 0) is 4.74 Å². The van der Waals surface area contributed by atoms with E-state index in [0.717, 1.165) is 0 Å². The van der Waals surface area contributed by atoms with Crippen molar-refractivity contribution in [1.82, 2.24) is 0 Å². The average molecular weight is 201 g/mol. The van der Waals surface area contributed by atoms with Crippen molar-refractivity contribution in [2.75, 3.05) is 6.61 Å². The highest BCUT2D eigenvalue weighted by atomic mass is 16.6. The molecule has 0 aliphatic carbocycles. The summed E-state index contributed by atoms with van der Waals surface area (Å²) in [4.78, 5) is 10.4. The van der Waals surface area contributed by atoms with Crippen molar-refractivity contribution in [1.29, 1.82) is 0 Å². The first-order chi connectivity index (χ1) is 6.35. The average Bonchev–Trinajstić information content (AvgIpc) is 1.99. The molecule has 1 amide bonds. The van der Waals surface area contributed by atoms with Crippen molar-refractivity contribution in [2.24, 2.45) is 11.1 Å². The largest absolute Gasteiger partial charge is 0.444 e. The molecule has 0 saturated heterocycles. The minimum Gasteiger partial charge on any atom is -0.444 e. The number of hydrogen-bond donors (Lipinski definition) is 2. The highest BCUT2D eigenvalue weighted by Gasteiger charge is 2.10. The fourth-order valence-corrected chi connectivity index (χ4v) is 0.898. The van der Waals surface area contributed by atoms with E-state index in [0.29, 0.717) is 6.42 Å². The summed E-state index contributed by atoms with van der Waals surface area (Å²) in [5.74, 6) is 0. The molecule has 0 saturated carbocycles. The van der Waals surface area contributed by atoms with Gasteiger partial charge in [-0.1, -0.05) is 32.9 Å². The number of hydrogen-bond acceptors (Lipinski definition) is 3. The molecule has 3 N–H and O–H groups in total. The molecule has 0 aliphatic heterocycles. The van der Waals surface area contributed by atoms with Gasteiger partial charge in [0.1, 0.15) is 6.10 Å². The number of primary amides is 1. The predicted octanol–water partition coefficient (Wildman–Crippen LogP) is 1.43. The maximum absolute atomic E-state index is 10.4. The summed E-state index contributed by atoms with van der Waals surface area (Å²) in [5.41, 5.74) is 4.92. The third kappa shape index (κ3) is 7.61. The van der Waals surface area contributed by atoms with E-state index >= 15 is 0 Å². The van der Waals surface area contributed by atoms with E-state index in [-0.39, 0.29) is 12.0 Å². The Labute approximate surface area is 84.7 Å². The summed E-state index contributed by atoms with van der Waals surface area (Å²) in [5, 5.41) is 8.84. The van der Waals surface area contributed by atoms with Crippen LogP contribution in [0.1, 0.15) is 27.2 Å². The normalized spacial score (nSPS) is 14.3. The Kier molecular flexibility index (Phi) is 5.23. The molecule has 0 aliphatic rings. The molecule has 14 heavy (non-hydrogen) atoms. The lowest BCUT2D eigenvalue weighted by Gasteiger charge is -2.14. The summed E-state index contributed by atoms with van der Waals surface area (Å²) in [7, 11) is 0. The number of allylic oxidation sites excluding steroid dienone is 1. The standard InChI is InChI=1S/C10H19NO3/c1-10(2,3)6-4-5-8(7-12)14-9(11)13/h4,6,8,12H,5,7H2,1-3H3,(H2,11,13)/t8-/m1/s1. The van der Waals surface area contributed by atoms with Gasteiger partial charge in [0.15, 0.2) is 0 Å². The van der Waals surface area contributed by atoms with Crippen LogP contribution < -0.4 is 5.73 Å². The smallest absolute Gasteiger partial charge is 0.404 e. The molecule has 0 radical (unpaired) electrons. The van der Waals surface area contributed by atoms with Crippen molar-refractivity contribution in [2.45, 2.75) is 33.3 Å². The van der Waals surface area contributed by atoms with Crippen LogP contribution in [-0.4, -0.2) is 23.9 Å². The molecule has 0 bridgehead atoms. The molecule has 1 atom stereocenters. The fraction of sp³-hybridized carbons (Fsp3) is 0.700. The lowest BCUT2D eigenvalue weighted by Crippen LogP contribution is -2.25. The Morgan fingerprint density at radius 3 is 2.50 bits per heavy atom. The van der Waals surface area contributed by atoms with Crippen LogP contribution in [0.15, 0.2) is 12.2 Å². The van der Waals surface area contributed by atoms with Gasteiger partial charge in [-0.05, 0) is 5.41 Å². The van der Waals surface area contributed by atoms with Crippen LogP contribution in [0.25, 0.3) is 0 Å². The molecular formula is C10H19NO3. The zero-order valence-corrected chi connectivity index (χ0v) is 8.99. The quantitative estimate of drug-likeness (QED) is 0.676. The first-order valence-corrected chi connectivity index (χ1v) is 4.60. The van der Waals surface area contributed by atoms with Gasteiger partial charge in [0.05, 0.1) is 6.61 Å². The van der Waals surface area contributed by atoms with Gasteiger partial charge in [-0.25, -0.2) is 4.79 Å². The second kappa shape index (κ2) is 5.65. The van der Waals surface area contributed by atoms with Crippen molar-refractivity contribution in [3.63, 3.8) is 0 Å². The topological polar surface area (TPSA) is 72.6 Å².